The van der Waals surface area contributed by atoms with Gasteiger partial charge in [-0.3, -0.25) is 4.79 Å². The number of carbonyl (C=O) groups is 2. The summed E-state index contributed by atoms with van der Waals surface area (Å²) in [4.78, 5) is 23.1. The maximum absolute atomic E-state index is 12.0. The standard InChI is InChI=1S/C12H13BrN2O3/c13-9-3-1-2-8(12(17)18)10(9)15-11(16)7-4-5-14-6-7/h1-3,7,14H,4-6H2,(H,15,16)(H,17,18). The fraction of sp³-hybridized carbons (Fsp3) is 0.333. The van der Waals surface area contributed by atoms with E-state index < -0.39 is 5.97 Å². The molecule has 3 N–H and O–H groups in total. The van der Waals surface area contributed by atoms with E-state index in [0.29, 0.717) is 16.7 Å². The largest absolute Gasteiger partial charge is 0.478 e. The van der Waals surface area contributed by atoms with Crippen LogP contribution in [0.3, 0.4) is 0 Å². The number of carbonyl (C=O) groups excluding carboxylic acids is 1. The Hall–Kier alpha value is -1.40. The third kappa shape index (κ3) is 2.70. The summed E-state index contributed by atoms with van der Waals surface area (Å²) < 4.78 is 0.571. The first-order chi connectivity index (χ1) is 8.59. The molecular weight excluding hydrogens is 300 g/mol. The monoisotopic (exact) mass is 312 g/mol. The molecule has 2 rings (SSSR count). The van der Waals surface area contributed by atoms with Crippen LogP contribution < -0.4 is 10.6 Å². The molecule has 18 heavy (non-hydrogen) atoms. The first-order valence-electron chi connectivity index (χ1n) is 5.63. The lowest BCUT2D eigenvalue weighted by Crippen LogP contribution is -2.25. The summed E-state index contributed by atoms with van der Waals surface area (Å²) in [7, 11) is 0. The van der Waals surface area contributed by atoms with Gasteiger partial charge in [0.05, 0.1) is 17.2 Å². The van der Waals surface area contributed by atoms with Gasteiger partial charge in [0.25, 0.3) is 0 Å². The number of hydrogen-bond acceptors (Lipinski definition) is 3. The first kappa shape index (κ1) is 13.0. The van der Waals surface area contributed by atoms with E-state index >= 15 is 0 Å². The van der Waals surface area contributed by atoms with Crippen LogP contribution in [-0.2, 0) is 4.79 Å². The van der Waals surface area contributed by atoms with Gasteiger partial charge in [-0.05, 0) is 41.0 Å². The van der Waals surface area contributed by atoms with E-state index in [9.17, 15) is 9.59 Å². The summed E-state index contributed by atoms with van der Waals surface area (Å²) in [6.45, 7) is 1.46. The lowest BCUT2D eigenvalue weighted by molar-refractivity contribution is -0.119. The molecule has 0 saturated carbocycles. The quantitative estimate of drug-likeness (QED) is 0.793. The molecule has 1 aliphatic heterocycles. The van der Waals surface area contributed by atoms with Crippen LogP contribution in [0.4, 0.5) is 5.69 Å². The van der Waals surface area contributed by atoms with Crippen LogP contribution in [0.15, 0.2) is 22.7 Å². The van der Waals surface area contributed by atoms with E-state index in [-0.39, 0.29) is 17.4 Å². The summed E-state index contributed by atoms with van der Waals surface area (Å²) >= 11 is 3.26. The number of aromatic carboxylic acids is 1. The Kier molecular flexibility index (Phi) is 3.98. The molecule has 0 aromatic heterocycles. The number of benzene rings is 1. The minimum Gasteiger partial charge on any atom is -0.478 e. The van der Waals surface area contributed by atoms with Crippen molar-refractivity contribution >= 4 is 33.5 Å². The second-order valence-electron chi connectivity index (χ2n) is 4.15. The van der Waals surface area contributed by atoms with E-state index in [1.165, 1.54) is 6.07 Å². The second kappa shape index (κ2) is 5.49. The number of para-hydroxylation sites is 1. The topological polar surface area (TPSA) is 78.4 Å². The molecule has 1 aromatic rings. The Balaban J connectivity index is 2.22. The van der Waals surface area contributed by atoms with Crippen molar-refractivity contribution in [1.29, 1.82) is 0 Å². The molecule has 1 atom stereocenters. The summed E-state index contributed by atoms with van der Waals surface area (Å²) in [6, 6.07) is 4.80. The van der Waals surface area contributed by atoms with E-state index in [1.807, 2.05) is 0 Å². The van der Waals surface area contributed by atoms with Crippen LogP contribution in [-0.4, -0.2) is 30.1 Å². The van der Waals surface area contributed by atoms with Gasteiger partial charge >= 0.3 is 5.97 Å². The molecule has 6 heteroatoms. The normalized spacial score (nSPS) is 18.6. The number of hydrogen-bond donors (Lipinski definition) is 3. The maximum atomic E-state index is 12.0. The smallest absolute Gasteiger partial charge is 0.337 e. The predicted molar refractivity (Wildman–Crippen MR) is 70.7 cm³/mol. The number of rotatable bonds is 3. The van der Waals surface area contributed by atoms with Crippen molar-refractivity contribution in [3.8, 4) is 0 Å². The van der Waals surface area contributed by atoms with Gasteiger partial charge in [0.15, 0.2) is 0 Å². The second-order valence-corrected chi connectivity index (χ2v) is 5.00. The van der Waals surface area contributed by atoms with E-state index in [1.54, 1.807) is 12.1 Å². The highest BCUT2D eigenvalue weighted by molar-refractivity contribution is 9.10. The van der Waals surface area contributed by atoms with Crippen molar-refractivity contribution in [3.63, 3.8) is 0 Å². The van der Waals surface area contributed by atoms with Crippen molar-refractivity contribution in [2.45, 2.75) is 6.42 Å². The van der Waals surface area contributed by atoms with Gasteiger partial charge in [-0.25, -0.2) is 4.79 Å². The predicted octanol–water partition coefficient (Wildman–Crippen LogP) is 1.70. The van der Waals surface area contributed by atoms with Gasteiger partial charge in [0, 0.05) is 11.0 Å². The number of amides is 1. The molecule has 0 aliphatic carbocycles. The van der Waals surface area contributed by atoms with Crippen molar-refractivity contribution in [3.05, 3.63) is 28.2 Å². The zero-order chi connectivity index (χ0) is 13.1. The molecular formula is C12H13BrN2O3. The van der Waals surface area contributed by atoms with Crippen molar-refractivity contribution in [2.24, 2.45) is 5.92 Å². The highest BCUT2D eigenvalue weighted by Crippen LogP contribution is 2.27. The first-order valence-corrected chi connectivity index (χ1v) is 6.42. The van der Waals surface area contributed by atoms with Gasteiger partial charge in [0.1, 0.15) is 0 Å². The van der Waals surface area contributed by atoms with Crippen molar-refractivity contribution in [2.75, 3.05) is 18.4 Å². The Labute approximate surface area is 113 Å². The van der Waals surface area contributed by atoms with Gasteiger partial charge in [-0.1, -0.05) is 6.07 Å². The van der Waals surface area contributed by atoms with Crippen LogP contribution in [0.2, 0.25) is 0 Å². The molecule has 1 heterocycles. The number of halogens is 1. The third-order valence-corrected chi connectivity index (χ3v) is 3.58. The van der Waals surface area contributed by atoms with Crippen LogP contribution in [0.5, 0.6) is 0 Å². The number of anilines is 1. The minimum atomic E-state index is -1.06. The Bertz CT molecular complexity index is 484. The molecule has 1 aromatic carbocycles. The van der Waals surface area contributed by atoms with Gasteiger partial charge < -0.3 is 15.7 Å². The fourth-order valence-electron chi connectivity index (χ4n) is 1.93. The Morgan fingerprint density at radius 2 is 2.22 bits per heavy atom. The molecule has 96 valence electrons. The highest BCUT2D eigenvalue weighted by Gasteiger charge is 2.24. The molecule has 0 bridgehead atoms. The maximum Gasteiger partial charge on any atom is 0.337 e. The Morgan fingerprint density at radius 1 is 1.44 bits per heavy atom. The lowest BCUT2D eigenvalue weighted by Gasteiger charge is -2.13. The molecule has 5 nitrogen and oxygen atoms in total. The number of carboxylic acids is 1. The summed E-state index contributed by atoms with van der Waals surface area (Å²) in [6.07, 6.45) is 0.776. The van der Waals surface area contributed by atoms with Gasteiger partial charge in [-0.15, -0.1) is 0 Å². The third-order valence-electron chi connectivity index (χ3n) is 2.92. The van der Waals surface area contributed by atoms with E-state index in [4.69, 9.17) is 5.11 Å². The zero-order valence-electron chi connectivity index (χ0n) is 9.57. The van der Waals surface area contributed by atoms with Crippen molar-refractivity contribution < 1.29 is 14.7 Å². The molecule has 0 radical (unpaired) electrons. The summed E-state index contributed by atoms with van der Waals surface area (Å²) in [5.74, 6) is -1.30. The SMILES string of the molecule is O=C(O)c1cccc(Br)c1NC(=O)C1CCNC1. The number of nitrogens with one attached hydrogen (secondary N) is 2. The minimum absolute atomic E-state index is 0.0867. The fourth-order valence-corrected chi connectivity index (χ4v) is 2.40. The summed E-state index contributed by atoms with van der Waals surface area (Å²) in [5.41, 5.74) is 0.408. The van der Waals surface area contributed by atoms with Gasteiger partial charge in [0.2, 0.25) is 5.91 Å². The van der Waals surface area contributed by atoms with E-state index in [2.05, 4.69) is 26.6 Å². The lowest BCUT2D eigenvalue weighted by atomic mass is 10.1. The number of carboxylic acid groups (broad SMARTS) is 1. The van der Waals surface area contributed by atoms with Crippen LogP contribution >= 0.6 is 15.9 Å². The molecule has 1 saturated heterocycles. The van der Waals surface area contributed by atoms with E-state index in [0.717, 1.165) is 13.0 Å². The molecule has 0 spiro atoms. The summed E-state index contributed by atoms with van der Waals surface area (Å²) in [5, 5.41) is 14.9. The highest BCUT2D eigenvalue weighted by atomic mass is 79.9. The van der Waals surface area contributed by atoms with Crippen LogP contribution in [0.25, 0.3) is 0 Å². The zero-order valence-corrected chi connectivity index (χ0v) is 11.2. The van der Waals surface area contributed by atoms with Crippen LogP contribution in [0, 0.1) is 5.92 Å². The molecule has 1 unspecified atom stereocenters. The molecule has 1 aliphatic rings. The average molecular weight is 313 g/mol. The van der Waals surface area contributed by atoms with Crippen LogP contribution in [0.1, 0.15) is 16.8 Å². The average Bonchev–Trinajstić information content (AvgIpc) is 2.85. The molecule has 1 fully saturated rings. The van der Waals surface area contributed by atoms with Gasteiger partial charge in [-0.2, -0.15) is 0 Å². The molecule has 1 amide bonds. The van der Waals surface area contributed by atoms with Crippen molar-refractivity contribution in [1.82, 2.24) is 5.32 Å². The Morgan fingerprint density at radius 3 is 2.83 bits per heavy atom.